The highest BCUT2D eigenvalue weighted by Gasteiger charge is 2.52. The van der Waals surface area contributed by atoms with Crippen molar-refractivity contribution >= 4 is 5.91 Å². The Balaban J connectivity index is 1.61. The zero-order chi connectivity index (χ0) is 15.2. The van der Waals surface area contributed by atoms with Crippen LogP contribution in [0.15, 0.2) is 40.9 Å². The summed E-state index contributed by atoms with van der Waals surface area (Å²) in [6.07, 6.45) is 3.56. The van der Waals surface area contributed by atoms with E-state index in [-0.39, 0.29) is 23.0 Å². The number of aromatic hydroxyl groups is 1. The second-order valence-electron chi connectivity index (χ2n) is 6.41. The van der Waals surface area contributed by atoms with Gasteiger partial charge in [-0.15, -0.1) is 0 Å². The fourth-order valence-corrected chi connectivity index (χ4v) is 3.93. The second kappa shape index (κ2) is 4.87. The van der Waals surface area contributed by atoms with Crippen molar-refractivity contribution < 1.29 is 14.4 Å². The molecule has 1 atom stereocenters. The molecule has 2 fully saturated rings. The van der Waals surface area contributed by atoms with Gasteiger partial charge in [-0.2, -0.15) is 0 Å². The summed E-state index contributed by atoms with van der Waals surface area (Å²) in [4.78, 5) is 14.4. The van der Waals surface area contributed by atoms with Gasteiger partial charge >= 0.3 is 0 Å². The highest BCUT2D eigenvalue weighted by atomic mass is 16.5. The van der Waals surface area contributed by atoms with Gasteiger partial charge in [-0.05, 0) is 29.0 Å². The molecule has 1 aliphatic heterocycles. The van der Waals surface area contributed by atoms with Gasteiger partial charge in [0.05, 0.1) is 6.07 Å². The Morgan fingerprint density at radius 2 is 2.09 bits per heavy atom. The molecule has 4 rings (SSSR count). The van der Waals surface area contributed by atoms with E-state index in [1.807, 2.05) is 11.0 Å². The first kappa shape index (κ1) is 13.4. The Labute approximate surface area is 128 Å². The average molecular weight is 298 g/mol. The lowest BCUT2D eigenvalue weighted by Gasteiger charge is -2.42. The van der Waals surface area contributed by atoms with Crippen LogP contribution in [0.3, 0.4) is 0 Å². The van der Waals surface area contributed by atoms with E-state index in [9.17, 15) is 9.90 Å². The van der Waals surface area contributed by atoms with Gasteiger partial charge in [-0.1, -0.05) is 36.8 Å². The zero-order valence-corrected chi connectivity index (χ0v) is 12.2. The Bertz CT molecular complexity index is 691. The van der Waals surface area contributed by atoms with E-state index in [2.05, 4.69) is 29.4 Å². The van der Waals surface area contributed by atoms with E-state index in [1.165, 1.54) is 18.1 Å². The molecule has 0 radical (unpaired) electrons. The third-order valence-electron chi connectivity index (χ3n) is 5.19. The molecule has 1 spiro atoms. The lowest BCUT2D eigenvalue weighted by Crippen LogP contribution is -2.37. The largest absolute Gasteiger partial charge is 0.491 e. The standard InChI is InChI=1S/C17H18N2O3/c20-15-9-14(22-18-15)16(21)19-10-13(12-5-2-1-3-6-12)17(11-19)7-4-8-17/h1-3,5-6,9,13H,4,7-8,10-11H2,(H,18,20)/t13-/m1/s1. The number of aromatic nitrogens is 1. The van der Waals surface area contributed by atoms with Gasteiger partial charge in [-0.3, -0.25) is 4.79 Å². The van der Waals surface area contributed by atoms with Gasteiger partial charge in [-0.25, -0.2) is 0 Å². The maximum absolute atomic E-state index is 12.5. The van der Waals surface area contributed by atoms with Crippen LogP contribution in [-0.4, -0.2) is 34.2 Å². The Morgan fingerprint density at radius 1 is 1.32 bits per heavy atom. The maximum atomic E-state index is 12.5. The van der Waals surface area contributed by atoms with E-state index < -0.39 is 0 Å². The van der Waals surface area contributed by atoms with E-state index in [4.69, 9.17) is 4.52 Å². The van der Waals surface area contributed by atoms with Crippen LogP contribution >= 0.6 is 0 Å². The molecule has 1 N–H and O–H groups in total. The number of carbonyl (C=O) groups excluding carboxylic acids is 1. The predicted molar refractivity (Wildman–Crippen MR) is 79.5 cm³/mol. The lowest BCUT2D eigenvalue weighted by molar-refractivity contribution is 0.0686. The molecule has 0 bridgehead atoms. The fraction of sp³-hybridized carbons (Fsp3) is 0.412. The minimum atomic E-state index is -0.250. The Kier molecular flexibility index (Phi) is 2.96. The molecule has 114 valence electrons. The molecule has 5 nitrogen and oxygen atoms in total. The van der Waals surface area contributed by atoms with Gasteiger partial charge in [0.2, 0.25) is 5.76 Å². The second-order valence-corrected chi connectivity index (χ2v) is 6.41. The summed E-state index contributed by atoms with van der Waals surface area (Å²) in [5.74, 6) is 0.0571. The molecule has 0 unspecified atom stereocenters. The topological polar surface area (TPSA) is 66.6 Å². The van der Waals surface area contributed by atoms with Crippen molar-refractivity contribution in [1.82, 2.24) is 10.1 Å². The molecule has 2 aliphatic rings. The minimum Gasteiger partial charge on any atom is -0.491 e. The number of rotatable bonds is 2. The van der Waals surface area contributed by atoms with Crippen LogP contribution in [-0.2, 0) is 0 Å². The number of amides is 1. The van der Waals surface area contributed by atoms with Crippen molar-refractivity contribution in [3.05, 3.63) is 47.7 Å². The van der Waals surface area contributed by atoms with Gasteiger partial charge in [0, 0.05) is 19.0 Å². The molecule has 1 aliphatic carbocycles. The first-order valence-electron chi connectivity index (χ1n) is 7.68. The normalized spacial score (nSPS) is 22.7. The van der Waals surface area contributed by atoms with E-state index >= 15 is 0 Å². The molecule has 1 saturated heterocycles. The zero-order valence-electron chi connectivity index (χ0n) is 12.2. The summed E-state index contributed by atoms with van der Waals surface area (Å²) in [5, 5.41) is 12.6. The highest BCUT2D eigenvalue weighted by Crippen LogP contribution is 2.55. The van der Waals surface area contributed by atoms with Gasteiger partial charge in [0.25, 0.3) is 11.8 Å². The van der Waals surface area contributed by atoms with Crippen LogP contribution in [0.4, 0.5) is 0 Å². The fourth-order valence-electron chi connectivity index (χ4n) is 3.93. The molecule has 5 heteroatoms. The maximum Gasteiger partial charge on any atom is 0.292 e. The van der Waals surface area contributed by atoms with E-state index in [1.54, 1.807) is 0 Å². The minimum absolute atomic E-state index is 0.112. The highest BCUT2D eigenvalue weighted by molar-refractivity contribution is 5.92. The average Bonchev–Trinajstić information content (AvgIpc) is 3.11. The van der Waals surface area contributed by atoms with Crippen molar-refractivity contribution in [2.24, 2.45) is 5.41 Å². The van der Waals surface area contributed by atoms with Crippen molar-refractivity contribution in [1.29, 1.82) is 0 Å². The monoisotopic (exact) mass is 298 g/mol. The Morgan fingerprint density at radius 3 is 2.68 bits per heavy atom. The molecule has 2 heterocycles. The summed E-state index contributed by atoms with van der Waals surface area (Å²) in [7, 11) is 0. The first-order valence-corrected chi connectivity index (χ1v) is 7.68. The summed E-state index contributed by atoms with van der Waals surface area (Å²) in [5.41, 5.74) is 1.51. The van der Waals surface area contributed by atoms with Crippen molar-refractivity contribution in [2.75, 3.05) is 13.1 Å². The van der Waals surface area contributed by atoms with Crippen LogP contribution in [0, 0.1) is 5.41 Å². The third kappa shape index (κ3) is 2.00. The van der Waals surface area contributed by atoms with Crippen LogP contribution in [0.1, 0.15) is 41.3 Å². The molecular weight excluding hydrogens is 280 g/mol. The summed E-state index contributed by atoms with van der Waals surface area (Å²) >= 11 is 0. The van der Waals surface area contributed by atoms with Crippen molar-refractivity contribution in [3.8, 4) is 5.88 Å². The molecule has 1 saturated carbocycles. The summed E-state index contributed by atoms with van der Waals surface area (Å²) in [6, 6.07) is 11.7. The number of hydrogen-bond donors (Lipinski definition) is 1. The van der Waals surface area contributed by atoms with Crippen LogP contribution in [0.5, 0.6) is 5.88 Å². The van der Waals surface area contributed by atoms with Crippen LogP contribution in [0.25, 0.3) is 0 Å². The van der Waals surface area contributed by atoms with E-state index in [0.29, 0.717) is 12.5 Å². The number of hydrogen-bond acceptors (Lipinski definition) is 4. The molecule has 1 amide bonds. The number of nitrogens with zero attached hydrogens (tertiary/aromatic N) is 2. The van der Waals surface area contributed by atoms with Crippen LogP contribution in [0.2, 0.25) is 0 Å². The van der Waals surface area contributed by atoms with Crippen LogP contribution < -0.4 is 0 Å². The quantitative estimate of drug-likeness (QED) is 0.925. The molecule has 22 heavy (non-hydrogen) atoms. The molecule has 2 aromatic rings. The summed E-state index contributed by atoms with van der Waals surface area (Å²) < 4.78 is 4.91. The SMILES string of the molecule is O=C(c1cc(O)no1)N1C[C@H](c2ccccc2)C2(CCC2)C1. The number of likely N-dealkylation sites (tertiary alicyclic amines) is 1. The van der Waals surface area contributed by atoms with Gasteiger partial charge in [0.1, 0.15) is 0 Å². The molecule has 1 aromatic carbocycles. The van der Waals surface area contributed by atoms with Gasteiger partial charge < -0.3 is 14.5 Å². The first-order chi connectivity index (χ1) is 10.7. The Hall–Kier alpha value is -2.30. The number of benzene rings is 1. The molecular formula is C17H18N2O3. The number of carbonyl (C=O) groups is 1. The van der Waals surface area contributed by atoms with Crippen molar-refractivity contribution in [3.63, 3.8) is 0 Å². The lowest BCUT2D eigenvalue weighted by atomic mass is 9.61. The third-order valence-corrected chi connectivity index (χ3v) is 5.19. The predicted octanol–water partition coefficient (Wildman–Crippen LogP) is 2.79. The smallest absolute Gasteiger partial charge is 0.292 e. The van der Waals surface area contributed by atoms with Crippen molar-refractivity contribution in [2.45, 2.75) is 25.2 Å². The van der Waals surface area contributed by atoms with Gasteiger partial charge in [0.15, 0.2) is 0 Å². The van der Waals surface area contributed by atoms with E-state index in [0.717, 1.165) is 19.4 Å². The molecule has 1 aromatic heterocycles. The summed E-state index contributed by atoms with van der Waals surface area (Å²) in [6.45, 7) is 1.46.